The summed E-state index contributed by atoms with van der Waals surface area (Å²) < 4.78 is 16.6. The zero-order valence-corrected chi connectivity index (χ0v) is 16.3. The van der Waals surface area contributed by atoms with Crippen LogP contribution in [0, 0.1) is 5.92 Å². The number of hydrogen-bond donors (Lipinski definition) is 0. The summed E-state index contributed by atoms with van der Waals surface area (Å²) in [6.45, 7) is 6.99. The predicted octanol–water partition coefficient (Wildman–Crippen LogP) is 4.07. The molecule has 0 unspecified atom stereocenters. The van der Waals surface area contributed by atoms with Crippen molar-refractivity contribution in [1.82, 2.24) is 20.0 Å². The van der Waals surface area contributed by atoms with E-state index >= 15 is 0 Å². The molecular weight excluding hydrogens is 360 g/mol. The molecule has 8 nitrogen and oxygen atoms in total. The highest BCUT2D eigenvalue weighted by Gasteiger charge is 2.28. The molecule has 1 amide bonds. The molecule has 0 aromatic carbocycles. The molecule has 148 valence electrons. The van der Waals surface area contributed by atoms with Crippen LogP contribution in [0.4, 0.5) is 4.79 Å². The Morgan fingerprint density at radius 2 is 2.11 bits per heavy atom. The van der Waals surface area contributed by atoms with Gasteiger partial charge < -0.3 is 18.6 Å². The van der Waals surface area contributed by atoms with E-state index in [1.54, 1.807) is 23.4 Å². The van der Waals surface area contributed by atoms with Gasteiger partial charge in [-0.25, -0.2) is 4.79 Å². The van der Waals surface area contributed by atoms with Crippen molar-refractivity contribution in [2.45, 2.75) is 45.6 Å². The minimum Gasteiger partial charge on any atom is -0.452 e. The summed E-state index contributed by atoms with van der Waals surface area (Å²) in [7, 11) is 0. The van der Waals surface area contributed by atoms with Crippen LogP contribution >= 0.6 is 0 Å². The summed E-state index contributed by atoms with van der Waals surface area (Å²) in [5.41, 5.74) is 0.270. The third-order valence-electron chi connectivity index (χ3n) is 4.73. The van der Waals surface area contributed by atoms with E-state index in [0.29, 0.717) is 42.9 Å². The van der Waals surface area contributed by atoms with Crippen LogP contribution in [-0.4, -0.2) is 44.8 Å². The number of ether oxygens (including phenoxy) is 1. The molecule has 1 aliphatic heterocycles. The molecule has 1 aliphatic rings. The zero-order chi connectivity index (χ0) is 19.7. The molecule has 1 fully saturated rings. The molecule has 0 N–H and O–H groups in total. The van der Waals surface area contributed by atoms with Crippen molar-refractivity contribution in [3.8, 4) is 11.6 Å². The Morgan fingerprint density at radius 1 is 1.32 bits per heavy atom. The second-order valence-corrected chi connectivity index (χ2v) is 8.15. The van der Waals surface area contributed by atoms with E-state index in [9.17, 15) is 4.79 Å². The molecule has 3 aromatic rings. The van der Waals surface area contributed by atoms with Gasteiger partial charge >= 0.3 is 6.09 Å². The minimum absolute atomic E-state index is 0.245. The van der Waals surface area contributed by atoms with E-state index in [4.69, 9.17) is 13.7 Å². The first-order valence-electron chi connectivity index (χ1n) is 9.52. The molecule has 0 atom stereocenters. The number of rotatable bonds is 3. The van der Waals surface area contributed by atoms with Gasteiger partial charge in [0, 0.05) is 37.3 Å². The number of piperidine rings is 1. The van der Waals surface area contributed by atoms with Gasteiger partial charge in [-0.1, -0.05) is 5.16 Å². The summed E-state index contributed by atoms with van der Waals surface area (Å²) in [6, 6.07) is 3.66. The van der Waals surface area contributed by atoms with Crippen molar-refractivity contribution in [3.63, 3.8) is 0 Å². The lowest BCUT2D eigenvalue weighted by Gasteiger charge is -2.33. The van der Waals surface area contributed by atoms with Crippen molar-refractivity contribution < 1.29 is 18.5 Å². The number of amides is 1. The fraction of sp³-hybridized carbons (Fsp3) is 0.500. The SMILES string of the molecule is CC(C)(C)OC(=O)N1CCC(Cc2nc(-c3cc4cnccc4o3)no2)CC1. The third kappa shape index (κ3) is 4.16. The molecule has 1 saturated heterocycles. The summed E-state index contributed by atoms with van der Waals surface area (Å²) in [5.74, 6) is 1.99. The molecule has 28 heavy (non-hydrogen) atoms. The maximum Gasteiger partial charge on any atom is 0.410 e. The Kier molecular flexibility index (Phi) is 4.78. The fourth-order valence-electron chi connectivity index (χ4n) is 3.33. The van der Waals surface area contributed by atoms with E-state index in [1.807, 2.05) is 26.8 Å². The average molecular weight is 384 g/mol. The number of carbonyl (C=O) groups is 1. The smallest absolute Gasteiger partial charge is 0.410 e. The van der Waals surface area contributed by atoms with E-state index < -0.39 is 5.60 Å². The minimum atomic E-state index is -0.471. The molecule has 0 radical (unpaired) electrons. The number of carbonyl (C=O) groups excluding carboxylic acids is 1. The van der Waals surface area contributed by atoms with Crippen molar-refractivity contribution in [1.29, 1.82) is 0 Å². The van der Waals surface area contributed by atoms with Gasteiger partial charge in [-0.15, -0.1) is 0 Å². The lowest BCUT2D eigenvalue weighted by atomic mass is 9.94. The quantitative estimate of drug-likeness (QED) is 0.672. The fourth-order valence-corrected chi connectivity index (χ4v) is 3.33. The van der Waals surface area contributed by atoms with Crippen LogP contribution in [0.3, 0.4) is 0 Å². The van der Waals surface area contributed by atoms with E-state index in [0.717, 1.165) is 23.8 Å². The molecule has 0 spiro atoms. The first-order valence-corrected chi connectivity index (χ1v) is 9.52. The van der Waals surface area contributed by atoms with E-state index in [-0.39, 0.29) is 6.09 Å². The molecule has 4 rings (SSSR count). The number of hydrogen-bond acceptors (Lipinski definition) is 7. The van der Waals surface area contributed by atoms with Crippen LogP contribution in [0.25, 0.3) is 22.6 Å². The summed E-state index contributed by atoms with van der Waals surface area (Å²) in [5, 5.41) is 4.95. The van der Waals surface area contributed by atoms with Gasteiger partial charge in [0.2, 0.25) is 11.7 Å². The Bertz CT molecular complexity index is 931. The van der Waals surface area contributed by atoms with Crippen molar-refractivity contribution in [2.75, 3.05) is 13.1 Å². The topological polar surface area (TPSA) is 94.5 Å². The number of likely N-dealkylation sites (tertiary alicyclic amines) is 1. The van der Waals surface area contributed by atoms with Gasteiger partial charge in [0.25, 0.3) is 0 Å². The van der Waals surface area contributed by atoms with Gasteiger partial charge in [-0.05, 0) is 51.7 Å². The Hall–Kier alpha value is -2.90. The summed E-state index contributed by atoms with van der Waals surface area (Å²) in [6.07, 6.45) is 5.63. The van der Waals surface area contributed by atoms with Crippen molar-refractivity contribution >= 4 is 17.1 Å². The second-order valence-electron chi connectivity index (χ2n) is 8.15. The van der Waals surface area contributed by atoms with Crippen LogP contribution in [0.2, 0.25) is 0 Å². The maximum atomic E-state index is 12.2. The van der Waals surface area contributed by atoms with Crippen LogP contribution in [0.1, 0.15) is 39.5 Å². The van der Waals surface area contributed by atoms with Gasteiger partial charge in [0.15, 0.2) is 5.76 Å². The van der Waals surface area contributed by atoms with Crippen LogP contribution in [0.15, 0.2) is 33.5 Å². The van der Waals surface area contributed by atoms with Crippen LogP contribution in [-0.2, 0) is 11.2 Å². The Balaban J connectivity index is 1.34. The highest BCUT2D eigenvalue weighted by molar-refractivity contribution is 5.80. The van der Waals surface area contributed by atoms with Gasteiger partial charge in [-0.3, -0.25) is 4.98 Å². The zero-order valence-electron chi connectivity index (χ0n) is 16.3. The molecular formula is C20H24N4O4. The molecule has 0 saturated carbocycles. The monoisotopic (exact) mass is 384 g/mol. The van der Waals surface area contributed by atoms with Gasteiger partial charge in [0.1, 0.15) is 11.2 Å². The van der Waals surface area contributed by atoms with E-state index in [1.165, 1.54) is 0 Å². The maximum absolute atomic E-state index is 12.2. The number of aromatic nitrogens is 3. The summed E-state index contributed by atoms with van der Waals surface area (Å²) >= 11 is 0. The Morgan fingerprint density at radius 3 is 2.82 bits per heavy atom. The molecule has 8 heteroatoms. The third-order valence-corrected chi connectivity index (χ3v) is 4.73. The van der Waals surface area contributed by atoms with Crippen LogP contribution < -0.4 is 0 Å². The highest BCUT2D eigenvalue weighted by Crippen LogP contribution is 2.27. The largest absolute Gasteiger partial charge is 0.452 e. The first-order chi connectivity index (χ1) is 13.4. The van der Waals surface area contributed by atoms with Crippen molar-refractivity contribution in [2.24, 2.45) is 5.92 Å². The number of nitrogens with zero attached hydrogens (tertiary/aromatic N) is 4. The lowest BCUT2D eigenvalue weighted by molar-refractivity contribution is 0.0182. The molecule has 4 heterocycles. The van der Waals surface area contributed by atoms with Crippen molar-refractivity contribution in [3.05, 3.63) is 30.4 Å². The predicted molar refractivity (Wildman–Crippen MR) is 102 cm³/mol. The molecule has 3 aromatic heterocycles. The second kappa shape index (κ2) is 7.26. The Labute approximate surface area is 162 Å². The number of furan rings is 1. The molecule has 0 aliphatic carbocycles. The average Bonchev–Trinajstić information content (AvgIpc) is 3.27. The molecule has 0 bridgehead atoms. The number of fused-ring (bicyclic) bond motifs is 1. The highest BCUT2D eigenvalue weighted by atomic mass is 16.6. The van der Waals surface area contributed by atoms with Gasteiger partial charge in [0.05, 0.1) is 0 Å². The normalized spacial score (nSPS) is 15.9. The number of pyridine rings is 1. The standard InChI is InChI=1S/C20H24N4O4/c1-20(2,3)27-19(25)24-8-5-13(6-9-24)10-17-22-18(23-28-17)16-11-14-12-21-7-4-15(14)26-16/h4,7,11-13H,5-6,8-10H2,1-3H3. The lowest BCUT2D eigenvalue weighted by Crippen LogP contribution is -2.42. The first kappa shape index (κ1) is 18.5. The van der Waals surface area contributed by atoms with Crippen LogP contribution in [0.5, 0.6) is 0 Å². The summed E-state index contributed by atoms with van der Waals surface area (Å²) in [4.78, 5) is 22.5. The van der Waals surface area contributed by atoms with E-state index in [2.05, 4.69) is 15.1 Å². The van der Waals surface area contributed by atoms with Gasteiger partial charge in [-0.2, -0.15) is 4.98 Å².